The molecule has 1 aromatic rings. The molecule has 134 valence electrons. The molecule has 7 nitrogen and oxygen atoms in total. The van der Waals surface area contributed by atoms with Crippen LogP contribution in [0.4, 0.5) is 5.82 Å². The quantitative estimate of drug-likeness (QED) is 0.854. The summed E-state index contributed by atoms with van der Waals surface area (Å²) >= 11 is 0. The number of aryl methyl sites for hydroxylation is 2. The average Bonchev–Trinajstić information content (AvgIpc) is 2.60. The van der Waals surface area contributed by atoms with Gasteiger partial charge in [0.2, 0.25) is 0 Å². The molecule has 0 radical (unpaired) electrons. The monoisotopic (exact) mass is 344 g/mol. The lowest BCUT2D eigenvalue weighted by Gasteiger charge is -2.36. The molecule has 1 fully saturated rings. The number of carbonyl (C=O) groups is 1. The number of nitrogens with zero attached hydrogens (tertiary/aromatic N) is 4. The number of hydrogen-bond donors (Lipinski definition) is 1. The summed E-state index contributed by atoms with van der Waals surface area (Å²) in [7, 11) is 1.77. The van der Waals surface area contributed by atoms with Crippen LogP contribution in [0, 0.1) is 11.3 Å². The molecule has 0 saturated carbocycles. The van der Waals surface area contributed by atoms with Crippen molar-refractivity contribution in [2.24, 2.45) is 0 Å². The van der Waals surface area contributed by atoms with Crippen LogP contribution in [0.25, 0.3) is 0 Å². The molecule has 2 aliphatic rings. The minimum Gasteiger partial charge on any atom is -0.480 e. The highest BCUT2D eigenvalue weighted by atomic mass is 16.5. The normalized spacial score (nSPS) is 20.2. The van der Waals surface area contributed by atoms with Crippen molar-refractivity contribution in [1.29, 1.82) is 5.26 Å². The number of rotatable bonds is 5. The molecule has 7 heteroatoms. The van der Waals surface area contributed by atoms with E-state index in [2.05, 4.69) is 11.0 Å². The Bertz CT molecular complexity index is 686. The second-order valence-electron chi connectivity index (χ2n) is 6.81. The lowest BCUT2D eigenvalue weighted by atomic mass is 9.95. The van der Waals surface area contributed by atoms with Gasteiger partial charge in [-0.3, -0.25) is 9.69 Å². The van der Waals surface area contributed by atoms with Crippen molar-refractivity contribution in [3.63, 3.8) is 0 Å². The van der Waals surface area contributed by atoms with Gasteiger partial charge in [-0.25, -0.2) is 4.98 Å². The van der Waals surface area contributed by atoms with Crippen molar-refractivity contribution in [1.82, 2.24) is 9.88 Å². The third-order valence-corrected chi connectivity index (χ3v) is 4.76. The number of ether oxygens (including phenoxy) is 1. The molecule has 0 amide bonds. The van der Waals surface area contributed by atoms with E-state index < -0.39 is 5.97 Å². The summed E-state index contributed by atoms with van der Waals surface area (Å²) in [5, 5.41) is 18.4. The number of fused-ring (bicyclic) bond motifs is 1. The number of carboxylic acids is 1. The molecule has 1 atom stereocenters. The van der Waals surface area contributed by atoms with Crippen LogP contribution in [0.2, 0.25) is 0 Å². The predicted octanol–water partition coefficient (Wildman–Crippen LogP) is 1.05. The predicted molar refractivity (Wildman–Crippen MR) is 92.7 cm³/mol. The largest absolute Gasteiger partial charge is 0.480 e. The first-order chi connectivity index (χ1) is 12.1. The fourth-order valence-electron chi connectivity index (χ4n) is 3.61. The standard InChI is InChI=1S/C18H24N4O3/c1-21(12-17(23)24)10-15-11-22(6-7-25-15)18-14(9-19)8-13-4-2-3-5-16(13)20-18/h8,15H,2-7,10-12H2,1H3,(H,23,24). The molecule has 1 aromatic heterocycles. The highest BCUT2D eigenvalue weighted by molar-refractivity contribution is 5.69. The maximum atomic E-state index is 10.8. The Morgan fingerprint density at radius 3 is 3.08 bits per heavy atom. The lowest BCUT2D eigenvalue weighted by molar-refractivity contribution is -0.138. The minimum atomic E-state index is -0.849. The molecule has 1 unspecified atom stereocenters. The Morgan fingerprint density at radius 1 is 1.52 bits per heavy atom. The number of carboxylic acid groups (broad SMARTS) is 1. The molecule has 1 aliphatic carbocycles. The van der Waals surface area contributed by atoms with Gasteiger partial charge >= 0.3 is 5.97 Å². The van der Waals surface area contributed by atoms with E-state index in [0.717, 1.165) is 37.2 Å². The van der Waals surface area contributed by atoms with Gasteiger partial charge in [0.1, 0.15) is 11.9 Å². The number of anilines is 1. The smallest absolute Gasteiger partial charge is 0.317 e. The van der Waals surface area contributed by atoms with Crippen LogP contribution in [0.3, 0.4) is 0 Å². The number of hydrogen-bond acceptors (Lipinski definition) is 6. The van der Waals surface area contributed by atoms with E-state index in [1.165, 1.54) is 5.56 Å². The van der Waals surface area contributed by atoms with Gasteiger partial charge in [-0.1, -0.05) is 0 Å². The fourth-order valence-corrected chi connectivity index (χ4v) is 3.61. The molecule has 1 N–H and O–H groups in total. The van der Waals surface area contributed by atoms with E-state index in [-0.39, 0.29) is 12.6 Å². The third-order valence-electron chi connectivity index (χ3n) is 4.76. The molecule has 0 bridgehead atoms. The SMILES string of the molecule is CN(CC(=O)O)CC1CN(c2nc3c(cc2C#N)CCCC3)CCO1. The Balaban J connectivity index is 1.75. The molecule has 1 saturated heterocycles. The number of pyridine rings is 1. The van der Waals surface area contributed by atoms with Crippen LogP contribution < -0.4 is 4.90 Å². The summed E-state index contributed by atoms with van der Waals surface area (Å²) in [5.74, 6) is -0.101. The van der Waals surface area contributed by atoms with Crippen LogP contribution in [0.15, 0.2) is 6.07 Å². The molecular formula is C18H24N4O3. The van der Waals surface area contributed by atoms with Crippen LogP contribution >= 0.6 is 0 Å². The van der Waals surface area contributed by atoms with Gasteiger partial charge in [0.25, 0.3) is 0 Å². The lowest BCUT2D eigenvalue weighted by Crippen LogP contribution is -2.48. The fraction of sp³-hybridized carbons (Fsp3) is 0.611. The van der Waals surface area contributed by atoms with E-state index in [0.29, 0.717) is 31.8 Å². The third kappa shape index (κ3) is 4.27. The topological polar surface area (TPSA) is 89.7 Å². The van der Waals surface area contributed by atoms with Crippen molar-refractivity contribution < 1.29 is 14.6 Å². The summed E-state index contributed by atoms with van der Waals surface area (Å²) in [6.45, 7) is 2.38. The van der Waals surface area contributed by atoms with Crippen molar-refractivity contribution in [2.45, 2.75) is 31.8 Å². The molecule has 2 heterocycles. The second kappa shape index (κ2) is 7.81. The molecule has 0 spiro atoms. The zero-order chi connectivity index (χ0) is 17.8. The number of aromatic nitrogens is 1. The second-order valence-corrected chi connectivity index (χ2v) is 6.81. The van der Waals surface area contributed by atoms with E-state index in [4.69, 9.17) is 14.8 Å². The minimum absolute atomic E-state index is 0.0135. The van der Waals surface area contributed by atoms with Crippen molar-refractivity contribution >= 4 is 11.8 Å². The van der Waals surface area contributed by atoms with Crippen LogP contribution in [0.1, 0.15) is 29.7 Å². The summed E-state index contributed by atoms with van der Waals surface area (Å²) in [6, 6.07) is 4.29. The molecular weight excluding hydrogens is 320 g/mol. The highest BCUT2D eigenvalue weighted by Crippen LogP contribution is 2.27. The van der Waals surface area contributed by atoms with E-state index in [9.17, 15) is 10.1 Å². The average molecular weight is 344 g/mol. The highest BCUT2D eigenvalue weighted by Gasteiger charge is 2.26. The Morgan fingerprint density at radius 2 is 2.32 bits per heavy atom. The summed E-state index contributed by atoms with van der Waals surface area (Å²) in [6.07, 6.45) is 4.19. The Hall–Kier alpha value is -2.17. The van der Waals surface area contributed by atoms with Gasteiger partial charge in [-0.05, 0) is 44.4 Å². The number of likely N-dealkylation sites (N-methyl/N-ethyl adjacent to an activating group) is 1. The summed E-state index contributed by atoms with van der Waals surface area (Å²) in [4.78, 5) is 19.5. The maximum absolute atomic E-state index is 10.8. The first kappa shape index (κ1) is 17.6. The molecule has 25 heavy (non-hydrogen) atoms. The van der Waals surface area contributed by atoms with Gasteiger partial charge in [0, 0.05) is 25.3 Å². The van der Waals surface area contributed by atoms with Gasteiger partial charge in [-0.15, -0.1) is 0 Å². The first-order valence-corrected chi connectivity index (χ1v) is 8.76. The number of morpholine rings is 1. The van der Waals surface area contributed by atoms with E-state index in [1.807, 2.05) is 6.07 Å². The molecule has 3 rings (SSSR count). The Kier molecular flexibility index (Phi) is 5.51. The number of nitriles is 1. The van der Waals surface area contributed by atoms with E-state index in [1.54, 1.807) is 11.9 Å². The number of aliphatic carboxylic acids is 1. The summed E-state index contributed by atoms with van der Waals surface area (Å²) in [5.41, 5.74) is 2.95. The maximum Gasteiger partial charge on any atom is 0.317 e. The van der Waals surface area contributed by atoms with Crippen LogP contribution in [-0.2, 0) is 22.4 Å². The van der Waals surface area contributed by atoms with Crippen molar-refractivity contribution in [3.8, 4) is 6.07 Å². The summed E-state index contributed by atoms with van der Waals surface area (Å²) < 4.78 is 5.78. The van der Waals surface area contributed by atoms with Crippen LogP contribution in [-0.4, -0.2) is 66.9 Å². The van der Waals surface area contributed by atoms with Crippen LogP contribution in [0.5, 0.6) is 0 Å². The zero-order valence-electron chi connectivity index (χ0n) is 14.6. The molecule has 1 aliphatic heterocycles. The van der Waals surface area contributed by atoms with Gasteiger partial charge in [0.05, 0.1) is 24.8 Å². The van der Waals surface area contributed by atoms with Crippen molar-refractivity contribution in [3.05, 3.63) is 22.9 Å². The van der Waals surface area contributed by atoms with E-state index >= 15 is 0 Å². The van der Waals surface area contributed by atoms with Gasteiger partial charge in [-0.2, -0.15) is 5.26 Å². The van der Waals surface area contributed by atoms with Gasteiger partial charge < -0.3 is 14.7 Å². The Labute approximate surface area is 147 Å². The van der Waals surface area contributed by atoms with Gasteiger partial charge in [0.15, 0.2) is 0 Å². The molecule has 0 aromatic carbocycles. The first-order valence-electron chi connectivity index (χ1n) is 8.76. The zero-order valence-corrected chi connectivity index (χ0v) is 14.6. The van der Waals surface area contributed by atoms with Crippen molar-refractivity contribution in [2.75, 3.05) is 44.7 Å².